The summed E-state index contributed by atoms with van der Waals surface area (Å²) in [5.41, 5.74) is 2.32. The van der Waals surface area contributed by atoms with Crippen molar-refractivity contribution in [2.75, 3.05) is 6.61 Å². The van der Waals surface area contributed by atoms with Crippen molar-refractivity contribution in [1.29, 1.82) is 5.26 Å². The van der Waals surface area contributed by atoms with Crippen molar-refractivity contribution in [3.63, 3.8) is 0 Å². The molecule has 0 heterocycles. The lowest BCUT2D eigenvalue weighted by Crippen LogP contribution is -1.92. The molecule has 0 spiro atoms. The van der Waals surface area contributed by atoms with E-state index in [-0.39, 0.29) is 6.61 Å². The van der Waals surface area contributed by atoms with Crippen molar-refractivity contribution in [3.8, 4) is 22.9 Å². The quantitative estimate of drug-likeness (QED) is 0.777. The fraction of sp³-hybridized carbons (Fsp3) is 0.0714. The van der Waals surface area contributed by atoms with Crippen LogP contribution < -0.4 is 4.74 Å². The Balaban J connectivity index is 2.17. The van der Waals surface area contributed by atoms with Crippen molar-refractivity contribution < 1.29 is 4.74 Å². The van der Waals surface area contributed by atoms with Crippen LogP contribution in [0.15, 0.2) is 54.6 Å². The molecule has 0 N–H and O–H groups in total. The van der Waals surface area contributed by atoms with Gasteiger partial charge in [0.05, 0.1) is 0 Å². The van der Waals surface area contributed by atoms with E-state index in [1.807, 2.05) is 48.5 Å². The summed E-state index contributed by atoms with van der Waals surface area (Å²) in [5, 5.41) is 8.39. The highest BCUT2D eigenvalue weighted by Gasteiger charge is 1.97. The summed E-state index contributed by atoms with van der Waals surface area (Å²) in [6.45, 7) is 0.0880. The zero-order valence-corrected chi connectivity index (χ0v) is 8.76. The predicted octanol–water partition coefficient (Wildman–Crippen LogP) is 3.26. The number of ether oxygens (including phenoxy) is 1. The summed E-state index contributed by atoms with van der Waals surface area (Å²) in [7, 11) is 0. The van der Waals surface area contributed by atoms with E-state index >= 15 is 0 Å². The van der Waals surface area contributed by atoms with Crippen molar-refractivity contribution in [1.82, 2.24) is 0 Å². The third-order valence-corrected chi connectivity index (χ3v) is 2.26. The minimum atomic E-state index is 0.0880. The molecule has 0 aliphatic heterocycles. The maximum atomic E-state index is 8.39. The van der Waals surface area contributed by atoms with E-state index in [0.717, 1.165) is 11.3 Å². The highest BCUT2D eigenvalue weighted by atomic mass is 16.5. The van der Waals surface area contributed by atoms with Crippen LogP contribution in [0.1, 0.15) is 0 Å². The van der Waals surface area contributed by atoms with Gasteiger partial charge in [-0.15, -0.1) is 0 Å². The number of nitrogens with zero attached hydrogens (tertiary/aromatic N) is 1. The van der Waals surface area contributed by atoms with E-state index in [1.165, 1.54) is 5.56 Å². The molecule has 0 unspecified atom stereocenters. The van der Waals surface area contributed by atoms with Gasteiger partial charge in [-0.2, -0.15) is 5.26 Å². The molecule has 0 fully saturated rings. The normalized spacial score (nSPS) is 9.44. The van der Waals surface area contributed by atoms with Crippen molar-refractivity contribution in [2.24, 2.45) is 0 Å². The van der Waals surface area contributed by atoms with Gasteiger partial charge in [0.25, 0.3) is 0 Å². The highest BCUT2D eigenvalue weighted by Crippen LogP contribution is 2.21. The van der Waals surface area contributed by atoms with Crippen LogP contribution >= 0.6 is 0 Å². The Morgan fingerprint density at radius 3 is 2.12 bits per heavy atom. The van der Waals surface area contributed by atoms with Crippen LogP contribution in [0.3, 0.4) is 0 Å². The lowest BCUT2D eigenvalue weighted by Gasteiger charge is -2.04. The standard InChI is InChI=1S/C14H11NO/c15-10-11-16-14-8-6-13(7-9-14)12-4-2-1-3-5-12/h1-9H,11H2. The van der Waals surface area contributed by atoms with Gasteiger partial charge in [-0.1, -0.05) is 42.5 Å². The molecule has 16 heavy (non-hydrogen) atoms. The second-order valence-corrected chi connectivity index (χ2v) is 3.34. The van der Waals surface area contributed by atoms with Gasteiger partial charge in [0.2, 0.25) is 0 Å². The van der Waals surface area contributed by atoms with E-state index in [4.69, 9.17) is 10.00 Å². The molecule has 0 bridgehead atoms. The minimum absolute atomic E-state index is 0.0880. The average Bonchev–Trinajstić information content (AvgIpc) is 2.38. The van der Waals surface area contributed by atoms with Crippen LogP contribution in [-0.2, 0) is 0 Å². The van der Waals surface area contributed by atoms with Crippen molar-refractivity contribution >= 4 is 0 Å². The predicted molar refractivity (Wildman–Crippen MR) is 63.0 cm³/mol. The van der Waals surface area contributed by atoms with E-state index in [2.05, 4.69) is 12.1 Å². The molecule has 0 aliphatic carbocycles. The molecule has 78 valence electrons. The Kier molecular flexibility index (Phi) is 3.20. The maximum Gasteiger partial charge on any atom is 0.174 e. The number of hydrogen-bond donors (Lipinski definition) is 0. The van der Waals surface area contributed by atoms with Crippen LogP contribution in [0.4, 0.5) is 0 Å². The van der Waals surface area contributed by atoms with Crippen LogP contribution in [0.5, 0.6) is 5.75 Å². The van der Waals surface area contributed by atoms with E-state index in [9.17, 15) is 0 Å². The maximum absolute atomic E-state index is 8.39. The third-order valence-electron chi connectivity index (χ3n) is 2.26. The molecule has 0 radical (unpaired) electrons. The van der Waals surface area contributed by atoms with Crippen molar-refractivity contribution in [3.05, 3.63) is 54.6 Å². The van der Waals surface area contributed by atoms with Gasteiger partial charge in [0, 0.05) is 0 Å². The summed E-state index contributed by atoms with van der Waals surface area (Å²) in [6, 6.07) is 19.8. The van der Waals surface area contributed by atoms with E-state index in [1.54, 1.807) is 0 Å². The second-order valence-electron chi connectivity index (χ2n) is 3.34. The number of rotatable bonds is 3. The molecule has 2 aromatic carbocycles. The Bertz CT molecular complexity index is 482. The number of hydrogen-bond acceptors (Lipinski definition) is 2. The first kappa shape index (κ1) is 10.3. The van der Waals surface area contributed by atoms with E-state index in [0.29, 0.717) is 0 Å². The Labute approximate surface area is 94.7 Å². The summed E-state index contributed by atoms with van der Waals surface area (Å²) < 4.78 is 5.18. The fourth-order valence-corrected chi connectivity index (χ4v) is 1.49. The summed E-state index contributed by atoms with van der Waals surface area (Å²) >= 11 is 0. The minimum Gasteiger partial charge on any atom is -0.479 e. The van der Waals surface area contributed by atoms with Gasteiger partial charge in [-0.05, 0) is 23.3 Å². The SMILES string of the molecule is N#CCOc1ccc(-c2ccccc2)cc1. The van der Waals surface area contributed by atoms with Crippen LogP contribution in [0.2, 0.25) is 0 Å². The molecule has 0 saturated carbocycles. The third kappa shape index (κ3) is 2.40. The summed E-state index contributed by atoms with van der Waals surface area (Å²) in [5.74, 6) is 0.723. The van der Waals surface area contributed by atoms with Crippen LogP contribution in [-0.4, -0.2) is 6.61 Å². The Morgan fingerprint density at radius 1 is 0.875 bits per heavy atom. The number of nitriles is 1. The molecule has 0 aliphatic rings. The second kappa shape index (κ2) is 4.99. The molecular weight excluding hydrogens is 198 g/mol. The molecular formula is C14H11NO. The van der Waals surface area contributed by atoms with E-state index < -0.39 is 0 Å². The van der Waals surface area contributed by atoms with Crippen LogP contribution in [0.25, 0.3) is 11.1 Å². The van der Waals surface area contributed by atoms with Gasteiger partial charge >= 0.3 is 0 Å². The smallest absolute Gasteiger partial charge is 0.174 e. The molecule has 0 saturated heterocycles. The average molecular weight is 209 g/mol. The first-order valence-electron chi connectivity index (χ1n) is 5.05. The molecule has 0 amide bonds. The molecule has 2 heteroatoms. The lowest BCUT2D eigenvalue weighted by molar-refractivity contribution is 0.368. The molecule has 0 aromatic heterocycles. The largest absolute Gasteiger partial charge is 0.479 e. The van der Waals surface area contributed by atoms with Crippen LogP contribution in [0, 0.1) is 11.3 Å². The monoisotopic (exact) mass is 209 g/mol. The molecule has 2 rings (SSSR count). The Hall–Kier alpha value is -2.27. The van der Waals surface area contributed by atoms with Gasteiger partial charge < -0.3 is 4.74 Å². The van der Waals surface area contributed by atoms with Gasteiger partial charge in [-0.3, -0.25) is 0 Å². The molecule has 2 nitrogen and oxygen atoms in total. The van der Waals surface area contributed by atoms with Crippen molar-refractivity contribution in [2.45, 2.75) is 0 Å². The first-order chi connectivity index (χ1) is 7.90. The van der Waals surface area contributed by atoms with Gasteiger partial charge in [-0.25, -0.2) is 0 Å². The zero-order valence-electron chi connectivity index (χ0n) is 8.76. The topological polar surface area (TPSA) is 33.0 Å². The van der Waals surface area contributed by atoms with Gasteiger partial charge in [0.1, 0.15) is 11.8 Å². The lowest BCUT2D eigenvalue weighted by atomic mass is 10.1. The van der Waals surface area contributed by atoms with Gasteiger partial charge in [0.15, 0.2) is 6.61 Å². The Morgan fingerprint density at radius 2 is 1.50 bits per heavy atom. The highest BCUT2D eigenvalue weighted by molar-refractivity contribution is 5.63. The zero-order chi connectivity index (χ0) is 11.2. The first-order valence-corrected chi connectivity index (χ1v) is 5.05. The summed E-state index contributed by atoms with van der Waals surface area (Å²) in [6.07, 6.45) is 0. The molecule has 0 atom stereocenters. The summed E-state index contributed by atoms with van der Waals surface area (Å²) in [4.78, 5) is 0. The number of benzene rings is 2. The fourth-order valence-electron chi connectivity index (χ4n) is 1.49. The molecule has 2 aromatic rings.